The SMILES string of the molecule is Cc1csc(N2CCC(C(=O)N3CCc4ccc(S(N)(=O)=O)cc43)CC2)n1. The van der Waals surface area contributed by atoms with Crippen molar-refractivity contribution in [2.75, 3.05) is 29.4 Å². The monoisotopic (exact) mass is 406 g/mol. The molecule has 0 unspecified atom stereocenters. The summed E-state index contributed by atoms with van der Waals surface area (Å²) in [6, 6.07) is 4.80. The Morgan fingerprint density at radius 1 is 1.26 bits per heavy atom. The standard InChI is InChI=1S/C18H22N4O3S2/c1-12-11-26-18(20-12)21-7-4-14(5-8-21)17(23)22-9-6-13-2-3-15(10-16(13)22)27(19,24)25/h2-3,10-11,14H,4-9H2,1H3,(H2,19,24,25). The minimum atomic E-state index is -3.78. The number of carbonyl (C=O) groups is 1. The summed E-state index contributed by atoms with van der Waals surface area (Å²) < 4.78 is 23.3. The molecule has 1 aromatic carbocycles. The number of carbonyl (C=O) groups excluding carboxylic acids is 1. The van der Waals surface area contributed by atoms with Crippen molar-refractivity contribution in [3.8, 4) is 0 Å². The molecule has 7 nitrogen and oxygen atoms in total. The molecule has 0 radical (unpaired) electrons. The van der Waals surface area contributed by atoms with Gasteiger partial charge in [0.15, 0.2) is 5.13 Å². The van der Waals surface area contributed by atoms with Gasteiger partial charge in [-0.3, -0.25) is 4.79 Å². The zero-order valence-corrected chi connectivity index (χ0v) is 16.7. The van der Waals surface area contributed by atoms with Gasteiger partial charge in [-0.2, -0.15) is 0 Å². The van der Waals surface area contributed by atoms with Crippen LogP contribution in [0, 0.1) is 12.8 Å². The zero-order valence-electron chi connectivity index (χ0n) is 15.1. The number of primary sulfonamides is 1. The summed E-state index contributed by atoms with van der Waals surface area (Å²) >= 11 is 1.64. The van der Waals surface area contributed by atoms with E-state index < -0.39 is 10.0 Å². The maximum absolute atomic E-state index is 13.1. The van der Waals surface area contributed by atoms with Gasteiger partial charge < -0.3 is 9.80 Å². The number of benzene rings is 1. The first-order chi connectivity index (χ1) is 12.8. The van der Waals surface area contributed by atoms with Crippen molar-refractivity contribution in [2.45, 2.75) is 31.1 Å². The first-order valence-corrected chi connectivity index (χ1v) is 11.4. The van der Waals surface area contributed by atoms with Crippen LogP contribution in [-0.4, -0.2) is 38.9 Å². The predicted octanol–water partition coefficient (Wildman–Crippen LogP) is 1.90. The van der Waals surface area contributed by atoms with Crippen LogP contribution < -0.4 is 14.9 Å². The normalized spacial score (nSPS) is 18.0. The number of hydrogen-bond acceptors (Lipinski definition) is 6. The van der Waals surface area contributed by atoms with Gasteiger partial charge >= 0.3 is 0 Å². The molecule has 0 bridgehead atoms. The van der Waals surface area contributed by atoms with E-state index in [1.807, 2.05) is 12.3 Å². The summed E-state index contributed by atoms with van der Waals surface area (Å²) in [6.07, 6.45) is 2.29. The topological polar surface area (TPSA) is 96.6 Å². The lowest BCUT2D eigenvalue weighted by Gasteiger charge is -2.33. The molecule has 0 atom stereocenters. The predicted molar refractivity (Wildman–Crippen MR) is 106 cm³/mol. The molecule has 9 heteroatoms. The third-order valence-electron chi connectivity index (χ3n) is 5.27. The number of rotatable bonds is 3. The van der Waals surface area contributed by atoms with Crippen LogP contribution in [0.1, 0.15) is 24.1 Å². The van der Waals surface area contributed by atoms with Crippen LogP contribution >= 0.6 is 11.3 Å². The Bertz CT molecular complexity index is 978. The molecule has 1 aromatic heterocycles. The average molecular weight is 407 g/mol. The molecule has 2 aromatic rings. The van der Waals surface area contributed by atoms with Crippen LogP contribution in [0.25, 0.3) is 0 Å². The van der Waals surface area contributed by atoms with E-state index in [-0.39, 0.29) is 16.7 Å². The molecule has 0 aliphatic carbocycles. The van der Waals surface area contributed by atoms with E-state index in [4.69, 9.17) is 5.14 Å². The third-order valence-corrected chi connectivity index (χ3v) is 7.20. The van der Waals surface area contributed by atoms with E-state index in [9.17, 15) is 13.2 Å². The molecule has 1 saturated heterocycles. The van der Waals surface area contributed by atoms with Crippen LogP contribution in [0.3, 0.4) is 0 Å². The van der Waals surface area contributed by atoms with Gasteiger partial charge in [0.2, 0.25) is 15.9 Å². The van der Waals surface area contributed by atoms with E-state index in [1.165, 1.54) is 12.1 Å². The first-order valence-electron chi connectivity index (χ1n) is 8.97. The summed E-state index contributed by atoms with van der Waals surface area (Å²) in [4.78, 5) is 21.6. The van der Waals surface area contributed by atoms with Crippen LogP contribution in [0.2, 0.25) is 0 Å². The second kappa shape index (κ2) is 6.88. The number of thiazole rings is 1. The lowest BCUT2D eigenvalue weighted by molar-refractivity contribution is -0.122. The fraction of sp³-hybridized carbons (Fsp3) is 0.444. The number of anilines is 2. The Hall–Kier alpha value is -1.97. The molecular formula is C18H22N4O3S2. The van der Waals surface area contributed by atoms with Crippen LogP contribution in [-0.2, 0) is 21.2 Å². The molecule has 2 aliphatic heterocycles. The largest absolute Gasteiger partial charge is 0.348 e. The molecule has 27 heavy (non-hydrogen) atoms. The van der Waals surface area contributed by atoms with Crippen molar-refractivity contribution in [2.24, 2.45) is 11.1 Å². The molecule has 144 valence electrons. The Morgan fingerprint density at radius 3 is 2.63 bits per heavy atom. The molecule has 1 fully saturated rings. The van der Waals surface area contributed by atoms with Gasteiger partial charge in [0, 0.05) is 36.6 Å². The average Bonchev–Trinajstić information content (AvgIpc) is 3.26. The van der Waals surface area contributed by atoms with Crippen molar-refractivity contribution < 1.29 is 13.2 Å². The van der Waals surface area contributed by atoms with Gasteiger partial charge in [-0.15, -0.1) is 11.3 Å². The van der Waals surface area contributed by atoms with Crippen LogP contribution in [0.15, 0.2) is 28.5 Å². The Balaban J connectivity index is 1.48. The molecule has 4 rings (SSSR count). The number of nitrogens with zero attached hydrogens (tertiary/aromatic N) is 3. The van der Waals surface area contributed by atoms with Gasteiger partial charge in [-0.1, -0.05) is 6.07 Å². The summed E-state index contributed by atoms with van der Waals surface area (Å²) in [5.41, 5.74) is 2.70. The summed E-state index contributed by atoms with van der Waals surface area (Å²) in [5, 5.41) is 8.30. The zero-order chi connectivity index (χ0) is 19.2. The second-order valence-corrected chi connectivity index (χ2v) is 9.51. The third kappa shape index (κ3) is 3.59. The number of amides is 1. The highest BCUT2D eigenvalue weighted by Gasteiger charge is 2.33. The van der Waals surface area contributed by atoms with E-state index in [0.29, 0.717) is 12.2 Å². The second-order valence-electron chi connectivity index (χ2n) is 7.11. The van der Waals surface area contributed by atoms with Crippen molar-refractivity contribution in [1.29, 1.82) is 0 Å². The molecule has 0 spiro atoms. The fourth-order valence-electron chi connectivity index (χ4n) is 3.79. The Morgan fingerprint density at radius 2 is 2.00 bits per heavy atom. The van der Waals surface area contributed by atoms with E-state index in [2.05, 4.69) is 9.88 Å². The molecule has 1 amide bonds. The Labute approximate surface area is 162 Å². The molecule has 0 saturated carbocycles. The quantitative estimate of drug-likeness (QED) is 0.840. The molecule has 2 aliphatic rings. The number of sulfonamides is 1. The van der Waals surface area contributed by atoms with Crippen molar-refractivity contribution >= 4 is 38.1 Å². The maximum Gasteiger partial charge on any atom is 0.238 e. The minimum Gasteiger partial charge on any atom is -0.348 e. The van der Waals surface area contributed by atoms with E-state index in [1.54, 1.807) is 22.3 Å². The maximum atomic E-state index is 13.1. The highest BCUT2D eigenvalue weighted by Crippen LogP contribution is 2.34. The highest BCUT2D eigenvalue weighted by atomic mass is 32.2. The molecule has 3 heterocycles. The number of piperidine rings is 1. The van der Waals surface area contributed by atoms with Gasteiger partial charge in [0.1, 0.15) is 0 Å². The van der Waals surface area contributed by atoms with Gasteiger partial charge in [0.25, 0.3) is 0 Å². The van der Waals surface area contributed by atoms with Gasteiger partial charge in [-0.25, -0.2) is 18.5 Å². The lowest BCUT2D eigenvalue weighted by atomic mass is 9.95. The first kappa shape index (κ1) is 18.4. The number of hydrogen-bond donors (Lipinski definition) is 1. The summed E-state index contributed by atoms with van der Waals surface area (Å²) in [6.45, 7) is 4.19. The number of nitrogens with two attached hydrogens (primary N) is 1. The van der Waals surface area contributed by atoms with Crippen molar-refractivity contribution in [1.82, 2.24) is 4.98 Å². The smallest absolute Gasteiger partial charge is 0.238 e. The number of aryl methyl sites for hydroxylation is 1. The molecule has 2 N–H and O–H groups in total. The summed E-state index contributed by atoms with van der Waals surface area (Å²) in [5.74, 6) is 0.0293. The van der Waals surface area contributed by atoms with Gasteiger partial charge in [0.05, 0.1) is 10.6 Å². The fourth-order valence-corrected chi connectivity index (χ4v) is 5.18. The van der Waals surface area contributed by atoms with Crippen LogP contribution in [0.5, 0.6) is 0 Å². The highest BCUT2D eigenvalue weighted by molar-refractivity contribution is 7.89. The van der Waals surface area contributed by atoms with Gasteiger partial charge in [-0.05, 0) is 43.9 Å². The molecular weight excluding hydrogens is 384 g/mol. The van der Waals surface area contributed by atoms with Crippen molar-refractivity contribution in [3.63, 3.8) is 0 Å². The Kier molecular flexibility index (Phi) is 4.69. The lowest BCUT2D eigenvalue weighted by Crippen LogP contribution is -2.42. The number of aromatic nitrogens is 1. The number of fused-ring (bicyclic) bond motifs is 1. The summed E-state index contributed by atoms with van der Waals surface area (Å²) in [7, 11) is -3.78. The van der Waals surface area contributed by atoms with E-state index >= 15 is 0 Å². The van der Waals surface area contributed by atoms with E-state index in [0.717, 1.165) is 48.7 Å². The minimum absolute atomic E-state index is 0.0496. The van der Waals surface area contributed by atoms with Crippen molar-refractivity contribution in [3.05, 3.63) is 34.8 Å². The van der Waals surface area contributed by atoms with Crippen LogP contribution in [0.4, 0.5) is 10.8 Å².